The lowest BCUT2D eigenvalue weighted by Gasteiger charge is -2.45. The molecular formula is C21H22Cl3N3O. The van der Waals surface area contributed by atoms with Crippen LogP contribution in [0.2, 0.25) is 15.1 Å². The zero-order valence-corrected chi connectivity index (χ0v) is 18.5. The fourth-order valence-corrected chi connectivity index (χ4v) is 4.30. The fourth-order valence-electron chi connectivity index (χ4n) is 3.60. The minimum atomic E-state index is -0.415. The smallest absolute Gasteiger partial charge is 0.272 e. The Bertz CT molecular complexity index is 956. The van der Waals surface area contributed by atoms with E-state index in [2.05, 4.69) is 43.2 Å². The second kappa shape index (κ2) is 7.94. The van der Waals surface area contributed by atoms with Crippen LogP contribution in [-0.4, -0.2) is 24.7 Å². The Kier molecular flexibility index (Phi) is 5.95. The monoisotopic (exact) mass is 437 g/mol. The van der Waals surface area contributed by atoms with Crippen LogP contribution in [0.1, 0.15) is 54.6 Å². The number of carbonyl (C=O) groups excluding carboxylic acids is 1. The number of carbonyl (C=O) groups is 1. The number of hydrogen-bond acceptors (Lipinski definition) is 3. The summed E-state index contributed by atoms with van der Waals surface area (Å²) in [4.78, 5) is 14.5. The topological polar surface area (TPSA) is 44.7 Å². The van der Waals surface area contributed by atoms with Crippen molar-refractivity contribution in [2.75, 3.05) is 11.9 Å². The van der Waals surface area contributed by atoms with Crippen molar-refractivity contribution in [2.24, 2.45) is 5.10 Å². The van der Waals surface area contributed by atoms with Gasteiger partial charge in [0.2, 0.25) is 0 Å². The van der Waals surface area contributed by atoms with Crippen molar-refractivity contribution in [2.45, 2.75) is 38.6 Å². The molecule has 0 fully saturated rings. The molecule has 0 unspecified atom stereocenters. The van der Waals surface area contributed by atoms with Gasteiger partial charge in [0.15, 0.2) is 0 Å². The molecule has 1 amide bonds. The zero-order chi connectivity index (χ0) is 20.6. The average Bonchev–Trinajstić information content (AvgIpc) is 2.60. The number of rotatable bonds is 3. The summed E-state index contributed by atoms with van der Waals surface area (Å²) >= 11 is 18.4. The van der Waals surface area contributed by atoms with Crippen LogP contribution in [-0.2, 0) is 0 Å². The lowest BCUT2D eigenvalue weighted by atomic mass is 9.80. The first kappa shape index (κ1) is 21.0. The number of anilines is 1. The Morgan fingerprint density at radius 1 is 1.21 bits per heavy atom. The van der Waals surface area contributed by atoms with Gasteiger partial charge in [0.1, 0.15) is 0 Å². The van der Waals surface area contributed by atoms with E-state index in [1.807, 2.05) is 12.1 Å². The molecule has 0 saturated heterocycles. The summed E-state index contributed by atoms with van der Waals surface area (Å²) in [6, 6.07) is 8.68. The highest BCUT2D eigenvalue weighted by Crippen LogP contribution is 2.44. The van der Waals surface area contributed by atoms with E-state index in [9.17, 15) is 4.79 Å². The predicted molar refractivity (Wildman–Crippen MR) is 118 cm³/mol. The van der Waals surface area contributed by atoms with Gasteiger partial charge in [-0.3, -0.25) is 4.79 Å². The van der Waals surface area contributed by atoms with Gasteiger partial charge in [0.05, 0.1) is 21.8 Å². The number of fused-ring (bicyclic) bond motifs is 1. The van der Waals surface area contributed by atoms with Crippen LogP contribution >= 0.6 is 34.8 Å². The van der Waals surface area contributed by atoms with E-state index in [-0.39, 0.29) is 10.6 Å². The summed E-state index contributed by atoms with van der Waals surface area (Å²) in [7, 11) is 2.09. The van der Waals surface area contributed by atoms with E-state index in [4.69, 9.17) is 34.8 Å². The number of hydrazone groups is 1. The molecule has 2 aromatic rings. The van der Waals surface area contributed by atoms with Crippen LogP contribution in [0.4, 0.5) is 5.69 Å². The molecule has 1 aliphatic rings. The van der Waals surface area contributed by atoms with E-state index in [1.165, 1.54) is 11.6 Å². The second-order valence-corrected chi connectivity index (χ2v) is 8.98. The van der Waals surface area contributed by atoms with Crippen molar-refractivity contribution in [3.8, 4) is 0 Å². The number of halogens is 3. The quantitative estimate of drug-likeness (QED) is 0.462. The third-order valence-corrected chi connectivity index (χ3v) is 6.17. The number of nitrogens with one attached hydrogen (secondary N) is 1. The Labute approximate surface area is 180 Å². The van der Waals surface area contributed by atoms with Crippen molar-refractivity contribution in [3.63, 3.8) is 0 Å². The molecule has 0 spiro atoms. The largest absolute Gasteiger partial charge is 0.369 e. The number of benzene rings is 2. The fraction of sp³-hybridized carbons (Fsp3) is 0.333. The molecular weight excluding hydrogens is 417 g/mol. The Morgan fingerprint density at radius 2 is 1.93 bits per heavy atom. The zero-order valence-electron chi connectivity index (χ0n) is 16.2. The van der Waals surface area contributed by atoms with Gasteiger partial charge >= 0.3 is 0 Å². The van der Waals surface area contributed by atoms with Crippen molar-refractivity contribution >= 4 is 52.6 Å². The Hall–Kier alpha value is -1.75. The summed E-state index contributed by atoms with van der Waals surface area (Å²) in [5.41, 5.74) is 5.95. The lowest BCUT2D eigenvalue weighted by molar-refractivity contribution is 0.0955. The molecule has 0 aliphatic carbocycles. The molecule has 0 bridgehead atoms. The molecule has 3 rings (SSSR count). The van der Waals surface area contributed by atoms with Gasteiger partial charge in [0.25, 0.3) is 5.91 Å². The van der Waals surface area contributed by atoms with Gasteiger partial charge in [-0.2, -0.15) is 5.10 Å². The number of nitrogens with zero attached hydrogens (tertiary/aromatic N) is 2. The normalized spacial score (nSPS) is 18.2. The summed E-state index contributed by atoms with van der Waals surface area (Å²) in [5.74, 6) is -0.0186. The molecule has 148 valence electrons. The maximum Gasteiger partial charge on any atom is 0.272 e. The van der Waals surface area contributed by atoms with Gasteiger partial charge in [-0.05, 0) is 62.1 Å². The minimum Gasteiger partial charge on any atom is -0.369 e. The van der Waals surface area contributed by atoms with Gasteiger partial charge in [-0.15, -0.1) is 0 Å². The number of amides is 1. The van der Waals surface area contributed by atoms with E-state index in [0.717, 1.165) is 17.7 Å². The molecule has 0 radical (unpaired) electrons. The van der Waals surface area contributed by atoms with E-state index in [0.29, 0.717) is 21.5 Å². The van der Waals surface area contributed by atoms with E-state index >= 15 is 0 Å². The van der Waals surface area contributed by atoms with Gasteiger partial charge in [-0.1, -0.05) is 41.7 Å². The molecule has 1 aliphatic heterocycles. The molecule has 1 heterocycles. The first-order valence-electron chi connectivity index (χ1n) is 8.96. The molecule has 7 heteroatoms. The minimum absolute atomic E-state index is 0.0666. The highest BCUT2D eigenvalue weighted by atomic mass is 35.5. The summed E-state index contributed by atoms with van der Waals surface area (Å²) < 4.78 is 0. The van der Waals surface area contributed by atoms with E-state index in [1.54, 1.807) is 18.3 Å². The summed E-state index contributed by atoms with van der Waals surface area (Å²) in [6.07, 6.45) is 2.59. The summed E-state index contributed by atoms with van der Waals surface area (Å²) in [5, 5.41) is 5.37. The maximum absolute atomic E-state index is 12.3. The van der Waals surface area contributed by atoms with Crippen LogP contribution in [0, 0.1) is 0 Å². The van der Waals surface area contributed by atoms with E-state index < -0.39 is 5.91 Å². The predicted octanol–water partition coefficient (Wildman–Crippen LogP) is 6.13. The van der Waals surface area contributed by atoms with Crippen LogP contribution in [0.15, 0.2) is 35.4 Å². The van der Waals surface area contributed by atoms with Gasteiger partial charge in [0, 0.05) is 28.9 Å². The Morgan fingerprint density at radius 3 is 2.61 bits per heavy atom. The highest BCUT2D eigenvalue weighted by molar-refractivity contribution is 6.36. The Balaban J connectivity index is 1.81. The summed E-state index contributed by atoms with van der Waals surface area (Å²) in [6.45, 7) is 6.67. The van der Waals surface area contributed by atoms with Crippen LogP contribution in [0.25, 0.3) is 0 Å². The van der Waals surface area contributed by atoms with Gasteiger partial charge < -0.3 is 4.90 Å². The molecule has 28 heavy (non-hydrogen) atoms. The van der Waals surface area contributed by atoms with Crippen molar-refractivity contribution < 1.29 is 4.79 Å². The van der Waals surface area contributed by atoms with Gasteiger partial charge in [-0.25, -0.2) is 5.43 Å². The first-order chi connectivity index (χ1) is 13.1. The highest BCUT2D eigenvalue weighted by Gasteiger charge is 2.34. The number of hydrogen-bond donors (Lipinski definition) is 1. The molecule has 0 saturated carbocycles. The molecule has 1 atom stereocenters. The van der Waals surface area contributed by atoms with Crippen LogP contribution < -0.4 is 10.3 Å². The molecule has 4 nitrogen and oxygen atoms in total. The SMILES string of the molecule is C[C@H]1CC(C)(C)N(C)c2cc(Cl)c(/C=N\NC(=O)c3ccc(Cl)cc3Cl)cc21. The van der Waals surface area contributed by atoms with Crippen molar-refractivity contribution in [1.29, 1.82) is 0 Å². The molecule has 2 aromatic carbocycles. The second-order valence-electron chi connectivity index (χ2n) is 7.73. The molecule has 0 aromatic heterocycles. The van der Waals surface area contributed by atoms with Crippen molar-refractivity contribution in [1.82, 2.24) is 5.43 Å². The average molecular weight is 439 g/mol. The third-order valence-electron chi connectivity index (χ3n) is 5.30. The lowest BCUT2D eigenvalue weighted by Crippen LogP contribution is -2.45. The van der Waals surface area contributed by atoms with Crippen LogP contribution in [0.3, 0.4) is 0 Å². The van der Waals surface area contributed by atoms with Crippen LogP contribution in [0.5, 0.6) is 0 Å². The van der Waals surface area contributed by atoms with Crippen molar-refractivity contribution in [3.05, 3.63) is 62.1 Å². The molecule has 1 N–H and O–H groups in total. The first-order valence-corrected chi connectivity index (χ1v) is 10.1. The third kappa shape index (κ3) is 4.14. The maximum atomic E-state index is 12.3. The standard InChI is InChI=1S/C21H22Cl3N3O/c1-12-10-21(2,3)27(4)19-9-17(23)13(7-16(12)19)11-25-26-20(28)15-6-5-14(22)8-18(15)24/h5-9,11-12H,10H2,1-4H3,(H,26,28)/b25-11-/t12-/m0/s1.